The smallest absolute Gasteiger partial charge is 0.0143 e. The van der Waals surface area contributed by atoms with Crippen molar-refractivity contribution in [3.63, 3.8) is 0 Å². The molecule has 0 aliphatic heterocycles. The van der Waals surface area contributed by atoms with Gasteiger partial charge in [0.05, 0.1) is 0 Å². The fraction of sp³-hybridized carbons (Fsp3) is 0.538. The van der Waals surface area contributed by atoms with Crippen LogP contribution in [0.3, 0.4) is 0 Å². The Kier molecular flexibility index (Phi) is 3.89. The second-order valence-corrected chi connectivity index (χ2v) is 4.98. The van der Waals surface area contributed by atoms with Gasteiger partial charge < -0.3 is 11.5 Å². The van der Waals surface area contributed by atoms with Crippen LogP contribution in [0.5, 0.6) is 0 Å². The summed E-state index contributed by atoms with van der Waals surface area (Å²) in [6.45, 7) is 6.12. The first-order valence-corrected chi connectivity index (χ1v) is 5.49. The second kappa shape index (κ2) is 4.77. The number of rotatable bonds is 4. The second-order valence-electron chi connectivity index (χ2n) is 4.98. The standard InChI is InChI=1S/C13H22N2/c1-10(14)12(13(2,3)15)9-11-7-5-4-6-8-11/h4-8,10,12H,9,14-15H2,1-3H3. The predicted octanol–water partition coefficient (Wildman–Crippen LogP) is 1.93. The maximum Gasteiger partial charge on any atom is 0.0143 e. The van der Waals surface area contributed by atoms with Crippen molar-refractivity contribution >= 4 is 0 Å². The zero-order valence-corrected chi connectivity index (χ0v) is 9.90. The third-order valence-electron chi connectivity index (χ3n) is 2.89. The zero-order chi connectivity index (χ0) is 11.5. The molecule has 0 aliphatic rings. The molecule has 0 aliphatic carbocycles. The Balaban J connectivity index is 2.77. The Morgan fingerprint density at radius 3 is 2.13 bits per heavy atom. The summed E-state index contributed by atoms with van der Waals surface area (Å²) in [7, 11) is 0. The van der Waals surface area contributed by atoms with E-state index in [1.54, 1.807) is 0 Å². The molecule has 2 unspecified atom stereocenters. The summed E-state index contributed by atoms with van der Waals surface area (Å²) in [5.74, 6) is 0.305. The minimum Gasteiger partial charge on any atom is -0.328 e. The molecule has 0 amide bonds. The van der Waals surface area contributed by atoms with E-state index in [4.69, 9.17) is 11.5 Å². The highest BCUT2D eigenvalue weighted by Crippen LogP contribution is 2.21. The van der Waals surface area contributed by atoms with Crippen LogP contribution in [0, 0.1) is 5.92 Å². The van der Waals surface area contributed by atoms with E-state index < -0.39 is 0 Å². The molecule has 0 bridgehead atoms. The highest BCUT2D eigenvalue weighted by Gasteiger charge is 2.28. The van der Waals surface area contributed by atoms with Gasteiger partial charge in [0, 0.05) is 11.6 Å². The molecule has 1 rings (SSSR count). The summed E-state index contributed by atoms with van der Waals surface area (Å²) in [5, 5.41) is 0. The Morgan fingerprint density at radius 2 is 1.73 bits per heavy atom. The lowest BCUT2D eigenvalue weighted by Crippen LogP contribution is -2.49. The van der Waals surface area contributed by atoms with E-state index in [-0.39, 0.29) is 11.6 Å². The summed E-state index contributed by atoms with van der Waals surface area (Å²) >= 11 is 0. The first-order chi connectivity index (χ1) is 6.91. The molecule has 0 aromatic heterocycles. The lowest BCUT2D eigenvalue weighted by atomic mass is 9.79. The van der Waals surface area contributed by atoms with E-state index in [0.717, 1.165) is 6.42 Å². The molecule has 2 atom stereocenters. The summed E-state index contributed by atoms with van der Waals surface area (Å²) < 4.78 is 0. The quantitative estimate of drug-likeness (QED) is 0.791. The molecule has 0 heterocycles. The normalized spacial score (nSPS) is 16.1. The summed E-state index contributed by atoms with van der Waals surface area (Å²) in [6, 6.07) is 10.5. The van der Waals surface area contributed by atoms with E-state index in [1.807, 2.05) is 26.8 Å². The first-order valence-electron chi connectivity index (χ1n) is 5.49. The molecule has 2 heteroatoms. The summed E-state index contributed by atoms with van der Waals surface area (Å²) in [4.78, 5) is 0. The molecule has 0 spiro atoms. The van der Waals surface area contributed by atoms with Gasteiger partial charge in [0.25, 0.3) is 0 Å². The number of nitrogens with two attached hydrogens (primary N) is 2. The van der Waals surface area contributed by atoms with E-state index in [0.29, 0.717) is 5.92 Å². The topological polar surface area (TPSA) is 52.0 Å². The molecule has 1 aromatic carbocycles. The molecule has 0 saturated heterocycles. The van der Waals surface area contributed by atoms with E-state index in [2.05, 4.69) is 24.3 Å². The minimum atomic E-state index is -0.232. The van der Waals surface area contributed by atoms with E-state index in [1.165, 1.54) is 5.56 Å². The van der Waals surface area contributed by atoms with Crippen molar-refractivity contribution in [2.75, 3.05) is 0 Å². The molecule has 15 heavy (non-hydrogen) atoms. The van der Waals surface area contributed by atoms with Crippen LogP contribution < -0.4 is 11.5 Å². The van der Waals surface area contributed by atoms with Gasteiger partial charge >= 0.3 is 0 Å². The van der Waals surface area contributed by atoms with Gasteiger partial charge in [-0.25, -0.2) is 0 Å². The van der Waals surface area contributed by atoms with Gasteiger partial charge in [-0.1, -0.05) is 30.3 Å². The van der Waals surface area contributed by atoms with Crippen LogP contribution in [0.2, 0.25) is 0 Å². The Bertz CT molecular complexity index is 285. The van der Waals surface area contributed by atoms with Gasteiger partial charge in [-0.05, 0) is 38.7 Å². The number of benzene rings is 1. The van der Waals surface area contributed by atoms with Gasteiger partial charge in [0.1, 0.15) is 0 Å². The molecular weight excluding hydrogens is 184 g/mol. The SMILES string of the molecule is CC(N)C(Cc1ccccc1)C(C)(C)N. The fourth-order valence-electron chi connectivity index (χ4n) is 1.99. The van der Waals surface area contributed by atoms with Gasteiger partial charge in [0.2, 0.25) is 0 Å². The maximum absolute atomic E-state index is 6.15. The predicted molar refractivity (Wildman–Crippen MR) is 65.6 cm³/mol. The van der Waals surface area contributed by atoms with Gasteiger partial charge in [-0.2, -0.15) is 0 Å². The number of hydrogen-bond acceptors (Lipinski definition) is 2. The Morgan fingerprint density at radius 1 is 1.20 bits per heavy atom. The molecule has 0 fully saturated rings. The van der Waals surface area contributed by atoms with Crippen LogP contribution in [0.25, 0.3) is 0 Å². The fourth-order valence-corrected chi connectivity index (χ4v) is 1.99. The largest absolute Gasteiger partial charge is 0.328 e. The molecule has 0 radical (unpaired) electrons. The average Bonchev–Trinajstić information content (AvgIpc) is 2.13. The molecule has 2 nitrogen and oxygen atoms in total. The Hall–Kier alpha value is -0.860. The minimum absolute atomic E-state index is 0.116. The highest BCUT2D eigenvalue weighted by atomic mass is 14.8. The van der Waals surface area contributed by atoms with Crippen molar-refractivity contribution in [2.45, 2.75) is 38.8 Å². The Labute approximate surface area is 92.7 Å². The lowest BCUT2D eigenvalue weighted by molar-refractivity contribution is 0.278. The van der Waals surface area contributed by atoms with Crippen LogP contribution in [0.15, 0.2) is 30.3 Å². The van der Waals surface area contributed by atoms with Crippen molar-refractivity contribution in [3.8, 4) is 0 Å². The van der Waals surface area contributed by atoms with E-state index in [9.17, 15) is 0 Å². The third-order valence-corrected chi connectivity index (χ3v) is 2.89. The molecule has 1 aromatic rings. The zero-order valence-electron chi connectivity index (χ0n) is 9.90. The van der Waals surface area contributed by atoms with Crippen molar-refractivity contribution in [3.05, 3.63) is 35.9 Å². The highest BCUT2D eigenvalue weighted by molar-refractivity contribution is 5.16. The average molecular weight is 206 g/mol. The van der Waals surface area contributed by atoms with Gasteiger partial charge in [-0.3, -0.25) is 0 Å². The summed E-state index contributed by atoms with van der Waals surface area (Å²) in [6.07, 6.45) is 0.946. The van der Waals surface area contributed by atoms with Crippen molar-refractivity contribution in [1.82, 2.24) is 0 Å². The first kappa shape index (κ1) is 12.2. The summed E-state index contributed by atoms with van der Waals surface area (Å²) in [5.41, 5.74) is 13.2. The monoisotopic (exact) mass is 206 g/mol. The lowest BCUT2D eigenvalue weighted by Gasteiger charge is -2.33. The third kappa shape index (κ3) is 3.65. The van der Waals surface area contributed by atoms with Crippen molar-refractivity contribution < 1.29 is 0 Å². The van der Waals surface area contributed by atoms with Crippen molar-refractivity contribution in [1.29, 1.82) is 0 Å². The molecule has 0 saturated carbocycles. The van der Waals surface area contributed by atoms with Crippen LogP contribution in [-0.2, 0) is 6.42 Å². The molecular formula is C13H22N2. The van der Waals surface area contributed by atoms with Crippen LogP contribution in [0.4, 0.5) is 0 Å². The number of hydrogen-bond donors (Lipinski definition) is 2. The van der Waals surface area contributed by atoms with Gasteiger partial charge in [-0.15, -0.1) is 0 Å². The van der Waals surface area contributed by atoms with Crippen molar-refractivity contribution in [2.24, 2.45) is 17.4 Å². The maximum atomic E-state index is 6.15. The molecule has 4 N–H and O–H groups in total. The van der Waals surface area contributed by atoms with E-state index >= 15 is 0 Å². The van der Waals surface area contributed by atoms with Crippen LogP contribution >= 0.6 is 0 Å². The molecule has 84 valence electrons. The van der Waals surface area contributed by atoms with Crippen LogP contribution in [-0.4, -0.2) is 11.6 Å². The van der Waals surface area contributed by atoms with Gasteiger partial charge in [0.15, 0.2) is 0 Å². The van der Waals surface area contributed by atoms with Crippen LogP contribution in [0.1, 0.15) is 26.3 Å².